The third kappa shape index (κ3) is 6.68. The van der Waals surface area contributed by atoms with Crippen LogP contribution in [0.4, 0.5) is 0 Å². The Kier molecular flexibility index (Phi) is 9.16. The highest BCUT2D eigenvalue weighted by Crippen LogP contribution is 2.54. The molecule has 216 valence electrons. The Hall–Kier alpha value is -1.55. The molecular weight excluding hydrogens is 555 g/mol. The molecule has 0 aromatic heterocycles. The second kappa shape index (κ2) is 11.7. The van der Waals surface area contributed by atoms with E-state index in [1.807, 2.05) is 34.6 Å². The van der Waals surface area contributed by atoms with E-state index in [-0.39, 0.29) is 52.4 Å². The smallest absolute Gasteiger partial charge is 0.243 e. The maximum Gasteiger partial charge on any atom is 0.243 e. The van der Waals surface area contributed by atoms with Crippen molar-refractivity contribution in [3.8, 4) is 0 Å². The zero-order chi connectivity index (χ0) is 28.6. The molecule has 4 rings (SSSR count). The summed E-state index contributed by atoms with van der Waals surface area (Å²) in [4.78, 5) is 0.534. The number of hydrogen-bond acceptors (Lipinski definition) is 6. The molecule has 2 fully saturated rings. The molecule has 11 heteroatoms. The second-order valence-corrected chi connectivity index (χ2v) is 17.8. The van der Waals surface area contributed by atoms with Gasteiger partial charge in [-0.05, 0) is 68.7 Å². The van der Waals surface area contributed by atoms with E-state index in [9.17, 15) is 21.4 Å². The standard InChI is InChI=1S/C28H41N2O6PS2/c1-6-36-37(31,19-25-17-29(15-23(25)4)38(32,33)27-11-7-21(2)8-12-27)20-26-18-30(16-24(26)5)39(34,35)28-13-9-22(3)10-14-28/h7-14,23-26H,6,15-20H2,1-5H3. The van der Waals surface area contributed by atoms with E-state index in [4.69, 9.17) is 4.52 Å². The predicted molar refractivity (Wildman–Crippen MR) is 154 cm³/mol. The minimum absolute atomic E-state index is 0.0263. The van der Waals surface area contributed by atoms with Gasteiger partial charge in [0.2, 0.25) is 27.4 Å². The van der Waals surface area contributed by atoms with E-state index in [2.05, 4.69) is 0 Å². The Balaban J connectivity index is 1.46. The largest absolute Gasteiger partial charge is 0.329 e. The van der Waals surface area contributed by atoms with Gasteiger partial charge in [0.1, 0.15) is 0 Å². The Morgan fingerprint density at radius 2 is 1.08 bits per heavy atom. The molecule has 0 N–H and O–H groups in total. The lowest BCUT2D eigenvalue weighted by Crippen LogP contribution is -2.30. The van der Waals surface area contributed by atoms with Gasteiger partial charge in [-0.25, -0.2) is 16.8 Å². The highest BCUT2D eigenvalue weighted by molar-refractivity contribution is 7.89. The zero-order valence-corrected chi connectivity index (χ0v) is 26.0. The first kappa shape index (κ1) is 30.4. The lowest BCUT2D eigenvalue weighted by atomic mass is 10.0. The number of rotatable bonds is 10. The Bertz CT molecular complexity index is 1310. The third-order valence-electron chi connectivity index (χ3n) is 8.18. The molecule has 4 atom stereocenters. The van der Waals surface area contributed by atoms with Crippen LogP contribution in [0.15, 0.2) is 58.3 Å². The average Bonchev–Trinajstić information content (AvgIpc) is 3.42. The van der Waals surface area contributed by atoms with E-state index in [1.165, 1.54) is 8.61 Å². The highest BCUT2D eigenvalue weighted by Gasteiger charge is 2.44. The second-order valence-electron chi connectivity index (χ2n) is 11.3. The minimum atomic E-state index is -3.64. The number of hydrogen-bond donors (Lipinski definition) is 0. The van der Waals surface area contributed by atoms with Crippen LogP contribution in [0, 0.1) is 37.5 Å². The number of aryl methyl sites for hydroxylation is 2. The molecule has 0 radical (unpaired) electrons. The number of nitrogens with zero attached hydrogens (tertiary/aromatic N) is 2. The van der Waals surface area contributed by atoms with E-state index in [1.54, 1.807) is 48.5 Å². The molecule has 2 saturated heterocycles. The first-order chi connectivity index (χ1) is 18.2. The van der Waals surface area contributed by atoms with Crippen molar-refractivity contribution in [2.24, 2.45) is 23.7 Å². The van der Waals surface area contributed by atoms with Crippen molar-refractivity contribution in [2.45, 2.75) is 44.4 Å². The van der Waals surface area contributed by atoms with E-state index in [0.29, 0.717) is 26.2 Å². The van der Waals surface area contributed by atoms with Crippen LogP contribution in [-0.4, -0.2) is 70.6 Å². The van der Waals surface area contributed by atoms with Crippen LogP contribution in [0.5, 0.6) is 0 Å². The fourth-order valence-corrected chi connectivity index (χ4v) is 12.1. The fraction of sp³-hybridized carbons (Fsp3) is 0.571. The fourth-order valence-electron chi connectivity index (χ4n) is 5.69. The summed E-state index contributed by atoms with van der Waals surface area (Å²) in [6.45, 7) is 11.3. The Morgan fingerprint density at radius 1 is 0.718 bits per heavy atom. The van der Waals surface area contributed by atoms with Gasteiger partial charge in [0, 0.05) is 38.5 Å². The molecule has 2 heterocycles. The van der Waals surface area contributed by atoms with Crippen LogP contribution in [0.1, 0.15) is 31.9 Å². The summed E-state index contributed by atoms with van der Waals surface area (Å²) >= 11 is 0. The van der Waals surface area contributed by atoms with Crippen molar-refractivity contribution in [1.29, 1.82) is 0 Å². The van der Waals surface area contributed by atoms with Gasteiger partial charge >= 0.3 is 0 Å². The van der Waals surface area contributed by atoms with Gasteiger partial charge in [0.25, 0.3) is 0 Å². The van der Waals surface area contributed by atoms with Crippen molar-refractivity contribution >= 4 is 27.4 Å². The first-order valence-corrected chi connectivity index (χ1v) is 18.5. The topological polar surface area (TPSA) is 101 Å². The van der Waals surface area contributed by atoms with Crippen molar-refractivity contribution in [2.75, 3.05) is 45.1 Å². The summed E-state index contributed by atoms with van der Waals surface area (Å²) in [5, 5.41) is 0. The zero-order valence-electron chi connectivity index (χ0n) is 23.5. The van der Waals surface area contributed by atoms with Crippen molar-refractivity contribution < 1.29 is 25.9 Å². The van der Waals surface area contributed by atoms with Gasteiger partial charge in [-0.15, -0.1) is 0 Å². The lowest BCUT2D eigenvalue weighted by Gasteiger charge is -2.27. The summed E-state index contributed by atoms with van der Waals surface area (Å²) in [6.07, 6.45) is 0.575. The molecule has 2 aliphatic rings. The molecule has 0 amide bonds. The molecule has 0 bridgehead atoms. The molecule has 2 aromatic carbocycles. The van der Waals surface area contributed by atoms with Crippen LogP contribution in [0.2, 0.25) is 0 Å². The van der Waals surface area contributed by atoms with E-state index >= 15 is 0 Å². The summed E-state index contributed by atoms with van der Waals surface area (Å²) in [5.74, 6) is -0.157. The molecular formula is C28H41N2O6PS2. The van der Waals surface area contributed by atoms with Gasteiger partial charge in [0.05, 0.1) is 16.4 Å². The number of benzene rings is 2. The van der Waals surface area contributed by atoms with Crippen LogP contribution < -0.4 is 0 Å². The Morgan fingerprint density at radius 3 is 1.41 bits per heavy atom. The van der Waals surface area contributed by atoms with Crippen molar-refractivity contribution in [3.63, 3.8) is 0 Å². The van der Waals surface area contributed by atoms with Crippen LogP contribution in [-0.2, 0) is 29.1 Å². The molecule has 2 aliphatic heterocycles. The quantitative estimate of drug-likeness (QED) is 0.364. The summed E-state index contributed by atoms with van der Waals surface area (Å²) in [7, 11) is -10.4. The molecule has 39 heavy (non-hydrogen) atoms. The highest BCUT2D eigenvalue weighted by atomic mass is 32.2. The Labute approximate surface area is 234 Å². The SMILES string of the molecule is CCOP(=O)(CC1CN(S(=O)(=O)c2ccc(C)cc2)CC1C)CC1CN(S(=O)(=O)c2ccc(C)cc2)CC1C. The molecule has 8 nitrogen and oxygen atoms in total. The average molecular weight is 597 g/mol. The summed E-state index contributed by atoms with van der Waals surface area (Å²) in [6, 6.07) is 13.7. The van der Waals surface area contributed by atoms with Gasteiger partial charge in [-0.3, -0.25) is 4.57 Å². The molecule has 2 aromatic rings. The molecule has 0 spiro atoms. The van der Waals surface area contributed by atoms with Gasteiger partial charge < -0.3 is 4.52 Å². The van der Waals surface area contributed by atoms with Crippen LogP contribution in [0.3, 0.4) is 0 Å². The van der Waals surface area contributed by atoms with Gasteiger partial charge in [0.15, 0.2) is 0 Å². The third-order valence-corrected chi connectivity index (χ3v) is 14.6. The van der Waals surface area contributed by atoms with E-state index in [0.717, 1.165) is 11.1 Å². The molecule has 4 unspecified atom stereocenters. The van der Waals surface area contributed by atoms with Gasteiger partial charge in [-0.2, -0.15) is 8.61 Å². The maximum absolute atomic E-state index is 14.2. The lowest BCUT2D eigenvalue weighted by molar-refractivity contribution is 0.315. The van der Waals surface area contributed by atoms with Gasteiger partial charge in [-0.1, -0.05) is 49.2 Å². The monoisotopic (exact) mass is 596 g/mol. The molecule has 0 saturated carbocycles. The minimum Gasteiger partial charge on any atom is -0.329 e. The maximum atomic E-state index is 14.2. The predicted octanol–water partition coefficient (Wildman–Crippen LogP) is 4.83. The number of sulfonamides is 2. The summed E-state index contributed by atoms with van der Waals surface area (Å²) in [5.41, 5.74) is 1.98. The molecule has 0 aliphatic carbocycles. The van der Waals surface area contributed by atoms with E-state index < -0.39 is 27.4 Å². The van der Waals surface area contributed by atoms with Crippen molar-refractivity contribution in [1.82, 2.24) is 8.61 Å². The van der Waals surface area contributed by atoms with Crippen LogP contribution in [0.25, 0.3) is 0 Å². The normalized spacial score (nSPS) is 26.6. The van der Waals surface area contributed by atoms with Crippen molar-refractivity contribution in [3.05, 3.63) is 59.7 Å². The van der Waals surface area contributed by atoms with Crippen LogP contribution >= 0.6 is 7.37 Å². The summed E-state index contributed by atoms with van der Waals surface area (Å²) < 4.78 is 76.2. The first-order valence-electron chi connectivity index (χ1n) is 13.6.